The summed E-state index contributed by atoms with van der Waals surface area (Å²) in [6.07, 6.45) is 2.63. The van der Waals surface area contributed by atoms with Gasteiger partial charge in [0.2, 0.25) is 5.88 Å². The summed E-state index contributed by atoms with van der Waals surface area (Å²) in [5, 5.41) is 0. The molecule has 2 rings (SSSR count). The number of morpholine rings is 1. The second kappa shape index (κ2) is 7.38. The summed E-state index contributed by atoms with van der Waals surface area (Å²) in [6, 6.07) is 3.39. The second-order valence-corrected chi connectivity index (χ2v) is 5.42. The molecule has 1 aliphatic heterocycles. The fraction of sp³-hybridized carbons (Fsp3) is 0.600. The van der Waals surface area contributed by atoms with Crippen LogP contribution in [0.3, 0.4) is 0 Å². The van der Waals surface area contributed by atoms with Gasteiger partial charge in [0.25, 0.3) is 5.91 Å². The van der Waals surface area contributed by atoms with Gasteiger partial charge in [-0.05, 0) is 26.6 Å². The molecule has 116 valence electrons. The molecule has 1 fully saturated rings. The van der Waals surface area contributed by atoms with Gasteiger partial charge in [-0.3, -0.25) is 4.79 Å². The van der Waals surface area contributed by atoms with Crippen molar-refractivity contribution in [1.82, 2.24) is 14.8 Å². The van der Waals surface area contributed by atoms with Crippen LogP contribution >= 0.6 is 0 Å². The monoisotopic (exact) mass is 293 g/mol. The lowest BCUT2D eigenvalue weighted by atomic mass is 10.1. The van der Waals surface area contributed by atoms with E-state index in [1.54, 1.807) is 25.4 Å². The van der Waals surface area contributed by atoms with Gasteiger partial charge < -0.3 is 19.3 Å². The van der Waals surface area contributed by atoms with Crippen LogP contribution in [0.4, 0.5) is 0 Å². The quantitative estimate of drug-likeness (QED) is 0.807. The van der Waals surface area contributed by atoms with Crippen LogP contribution < -0.4 is 4.74 Å². The van der Waals surface area contributed by atoms with Crippen LogP contribution in [0.1, 0.15) is 16.8 Å². The summed E-state index contributed by atoms with van der Waals surface area (Å²) < 4.78 is 10.8. The zero-order valence-corrected chi connectivity index (χ0v) is 12.9. The minimum Gasteiger partial charge on any atom is -0.481 e. The first-order valence-corrected chi connectivity index (χ1v) is 7.16. The second-order valence-electron chi connectivity index (χ2n) is 5.42. The highest BCUT2D eigenvalue weighted by molar-refractivity contribution is 5.94. The maximum Gasteiger partial charge on any atom is 0.254 e. The van der Waals surface area contributed by atoms with Gasteiger partial charge in [0.05, 0.1) is 19.8 Å². The van der Waals surface area contributed by atoms with E-state index in [-0.39, 0.29) is 12.0 Å². The number of hydrogen-bond acceptors (Lipinski definition) is 5. The highest BCUT2D eigenvalue weighted by Gasteiger charge is 2.25. The standard InChI is InChI=1S/C15H23N3O3/c1-17(2)7-5-13-11-18(8-9-21-13)15(19)12-4-6-16-14(10-12)20-3/h4,6,10,13H,5,7-9,11H2,1-3H3. The number of nitrogens with zero attached hydrogens (tertiary/aromatic N) is 3. The molecule has 2 heterocycles. The molecule has 6 nitrogen and oxygen atoms in total. The average Bonchev–Trinajstić information content (AvgIpc) is 2.52. The molecular weight excluding hydrogens is 270 g/mol. The zero-order valence-electron chi connectivity index (χ0n) is 12.9. The lowest BCUT2D eigenvalue weighted by molar-refractivity contribution is -0.0269. The molecular formula is C15H23N3O3. The Balaban J connectivity index is 1.98. The third kappa shape index (κ3) is 4.41. The first kappa shape index (κ1) is 15.7. The van der Waals surface area contributed by atoms with Crippen LogP contribution in [0.15, 0.2) is 18.3 Å². The number of carbonyl (C=O) groups is 1. The Morgan fingerprint density at radius 1 is 1.57 bits per heavy atom. The van der Waals surface area contributed by atoms with Gasteiger partial charge in [0.15, 0.2) is 0 Å². The summed E-state index contributed by atoms with van der Waals surface area (Å²) in [7, 11) is 5.62. The van der Waals surface area contributed by atoms with Gasteiger partial charge in [-0.2, -0.15) is 0 Å². The zero-order chi connectivity index (χ0) is 15.2. The van der Waals surface area contributed by atoms with E-state index in [1.807, 2.05) is 19.0 Å². The smallest absolute Gasteiger partial charge is 0.254 e. The van der Waals surface area contributed by atoms with Gasteiger partial charge >= 0.3 is 0 Å². The van der Waals surface area contributed by atoms with Crippen molar-refractivity contribution in [2.24, 2.45) is 0 Å². The maximum atomic E-state index is 12.5. The summed E-state index contributed by atoms with van der Waals surface area (Å²) in [4.78, 5) is 20.5. The highest BCUT2D eigenvalue weighted by atomic mass is 16.5. The third-order valence-corrected chi connectivity index (χ3v) is 3.52. The van der Waals surface area contributed by atoms with E-state index >= 15 is 0 Å². The molecule has 1 saturated heterocycles. The molecule has 0 aromatic carbocycles. The first-order valence-electron chi connectivity index (χ1n) is 7.16. The predicted octanol–water partition coefficient (Wildman–Crippen LogP) is 0.883. The molecule has 0 spiro atoms. The van der Waals surface area contributed by atoms with Gasteiger partial charge in [-0.15, -0.1) is 0 Å². The molecule has 0 bridgehead atoms. The number of hydrogen-bond donors (Lipinski definition) is 0. The Hall–Kier alpha value is -1.66. The Morgan fingerprint density at radius 3 is 3.10 bits per heavy atom. The minimum atomic E-state index is 0.00820. The Kier molecular flexibility index (Phi) is 5.52. The predicted molar refractivity (Wildman–Crippen MR) is 79.6 cm³/mol. The Bertz CT molecular complexity index is 479. The van der Waals surface area contributed by atoms with Crippen LogP contribution in [-0.2, 0) is 4.74 Å². The molecule has 1 unspecified atom stereocenters. The molecule has 0 aliphatic carbocycles. The number of methoxy groups -OCH3 is 1. The lowest BCUT2D eigenvalue weighted by Gasteiger charge is -2.33. The summed E-state index contributed by atoms with van der Waals surface area (Å²) >= 11 is 0. The summed E-state index contributed by atoms with van der Waals surface area (Å²) in [5.74, 6) is 0.465. The minimum absolute atomic E-state index is 0.00820. The number of ether oxygens (including phenoxy) is 2. The van der Waals surface area contributed by atoms with E-state index in [4.69, 9.17) is 9.47 Å². The number of rotatable bonds is 5. The molecule has 1 amide bonds. The maximum absolute atomic E-state index is 12.5. The highest BCUT2D eigenvalue weighted by Crippen LogP contribution is 2.15. The van der Waals surface area contributed by atoms with Crippen molar-refractivity contribution >= 4 is 5.91 Å². The van der Waals surface area contributed by atoms with Crippen molar-refractivity contribution in [3.8, 4) is 5.88 Å². The van der Waals surface area contributed by atoms with E-state index in [0.717, 1.165) is 13.0 Å². The molecule has 0 saturated carbocycles. The van der Waals surface area contributed by atoms with Crippen LogP contribution in [0.25, 0.3) is 0 Å². The third-order valence-electron chi connectivity index (χ3n) is 3.52. The van der Waals surface area contributed by atoms with Crippen molar-refractivity contribution in [2.45, 2.75) is 12.5 Å². The van der Waals surface area contributed by atoms with Crippen LogP contribution in [0.5, 0.6) is 5.88 Å². The number of amides is 1. The van der Waals surface area contributed by atoms with E-state index in [2.05, 4.69) is 9.88 Å². The van der Waals surface area contributed by atoms with E-state index in [0.29, 0.717) is 31.1 Å². The molecule has 6 heteroatoms. The Labute approximate surface area is 125 Å². The van der Waals surface area contributed by atoms with Crippen molar-refractivity contribution < 1.29 is 14.3 Å². The molecule has 21 heavy (non-hydrogen) atoms. The van der Waals surface area contributed by atoms with E-state index in [1.165, 1.54) is 0 Å². The molecule has 1 aromatic heterocycles. The molecule has 0 radical (unpaired) electrons. The SMILES string of the molecule is COc1cc(C(=O)N2CCOC(CCN(C)C)C2)ccn1. The van der Waals surface area contributed by atoms with E-state index in [9.17, 15) is 4.79 Å². The summed E-state index contributed by atoms with van der Waals surface area (Å²) in [6.45, 7) is 2.81. The average molecular weight is 293 g/mol. The van der Waals surface area contributed by atoms with Crippen molar-refractivity contribution in [3.63, 3.8) is 0 Å². The van der Waals surface area contributed by atoms with Crippen LogP contribution in [0, 0.1) is 0 Å². The molecule has 0 N–H and O–H groups in total. The first-order chi connectivity index (χ1) is 10.1. The number of carbonyl (C=O) groups excluding carboxylic acids is 1. The van der Waals surface area contributed by atoms with Gasteiger partial charge in [-0.1, -0.05) is 0 Å². The molecule has 1 aliphatic rings. The van der Waals surface area contributed by atoms with Crippen molar-refractivity contribution in [3.05, 3.63) is 23.9 Å². The molecule has 1 aromatic rings. The van der Waals surface area contributed by atoms with Gasteiger partial charge in [0.1, 0.15) is 0 Å². The Morgan fingerprint density at radius 2 is 2.38 bits per heavy atom. The number of pyridine rings is 1. The normalized spacial score (nSPS) is 18.9. The van der Waals surface area contributed by atoms with Crippen LogP contribution in [-0.4, -0.2) is 74.2 Å². The lowest BCUT2D eigenvalue weighted by Crippen LogP contribution is -2.46. The van der Waals surface area contributed by atoms with Crippen LogP contribution in [0.2, 0.25) is 0 Å². The molecule has 1 atom stereocenters. The van der Waals surface area contributed by atoms with E-state index < -0.39 is 0 Å². The largest absolute Gasteiger partial charge is 0.481 e. The summed E-state index contributed by atoms with van der Waals surface area (Å²) in [5.41, 5.74) is 0.607. The van der Waals surface area contributed by atoms with Gasteiger partial charge in [0, 0.05) is 37.5 Å². The fourth-order valence-corrected chi connectivity index (χ4v) is 2.32. The fourth-order valence-electron chi connectivity index (χ4n) is 2.32. The van der Waals surface area contributed by atoms with Crippen molar-refractivity contribution in [2.75, 3.05) is 47.4 Å². The van der Waals surface area contributed by atoms with Gasteiger partial charge in [-0.25, -0.2) is 4.98 Å². The number of aromatic nitrogens is 1. The topological polar surface area (TPSA) is 54.9 Å². The van der Waals surface area contributed by atoms with Crippen molar-refractivity contribution in [1.29, 1.82) is 0 Å².